The number of aryl methyl sites for hydroxylation is 2. The fourth-order valence-electron chi connectivity index (χ4n) is 9.86. The summed E-state index contributed by atoms with van der Waals surface area (Å²) in [5.41, 5.74) is 1.91. The van der Waals surface area contributed by atoms with Gasteiger partial charge < -0.3 is 20.1 Å². The van der Waals surface area contributed by atoms with E-state index in [0.717, 1.165) is 88.0 Å². The fraction of sp³-hybridized carbons (Fsp3) is 0.861. The Balaban J connectivity index is 0.991. The zero-order valence-corrected chi connectivity index (χ0v) is 30.8. The average Bonchev–Trinajstić information content (AvgIpc) is 3.49. The van der Waals surface area contributed by atoms with Gasteiger partial charge in [-0.05, 0) is 83.5 Å². The number of aromatic nitrogens is 2. The molecule has 274 valence electrons. The van der Waals surface area contributed by atoms with Gasteiger partial charge in [-0.25, -0.2) is 13.8 Å². The first kappa shape index (κ1) is 36.1. The standard InChI is InChI=1S/C36H54ClF2N5O4S/c1-20-14-27(33-32(40-20)29(19-49-33)34(45)42-23-17-36(38,39)18-23)26-15-22(37)4-7-31(26)48-13-12-44-21(2)41-30-6-5-24(16-28(30)35(44)46)43-10-8-25(47-3)9-11-43/h20,22-27,29,31-33,40H,4-19H2,1-3H3,(H,42,45). The number of likely N-dealkylation sites (tertiary alicyclic amines) is 1. The molecule has 4 heterocycles. The first-order chi connectivity index (χ1) is 23.5. The molecule has 6 aliphatic rings. The smallest absolute Gasteiger partial charge is 0.257 e. The minimum absolute atomic E-state index is 0.00588. The zero-order valence-electron chi connectivity index (χ0n) is 29.2. The summed E-state index contributed by atoms with van der Waals surface area (Å²) in [4.78, 5) is 34.6. The molecule has 1 aromatic rings. The predicted molar refractivity (Wildman–Crippen MR) is 188 cm³/mol. The van der Waals surface area contributed by atoms with Crippen LogP contribution in [-0.2, 0) is 33.7 Å². The Morgan fingerprint density at radius 2 is 1.92 bits per heavy atom. The van der Waals surface area contributed by atoms with Gasteiger partial charge in [-0.3, -0.25) is 19.1 Å². The molecule has 2 N–H and O–H groups in total. The van der Waals surface area contributed by atoms with Gasteiger partial charge in [-0.15, -0.1) is 11.6 Å². The third-order valence-corrected chi connectivity index (χ3v) is 14.5. The van der Waals surface area contributed by atoms with Gasteiger partial charge in [0, 0.05) is 79.2 Å². The number of nitrogens with zero attached hydrogens (tertiary/aromatic N) is 3. The van der Waals surface area contributed by atoms with Crippen molar-refractivity contribution in [1.82, 2.24) is 25.1 Å². The summed E-state index contributed by atoms with van der Waals surface area (Å²) in [6, 6.07) is 0.159. The second kappa shape index (κ2) is 15.0. The molecule has 9 unspecified atom stereocenters. The molecule has 7 rings (SSSR count). The van der Waals surface area contributed by atoms with Crippen molar-refractivity contribution in [2.45, 2.75) is 144 Å². The van der Waals surface area contributed by atoms with Crippen LogP contribution in [0.25, 0.3) is 0 Å². The number of carbonyl (C=O) groups is 1. The van der Waals surface area contributed by atoms with E-state index in [0.29, 0.717) is 37.0 Å². The third kappa shape index (κ3) is 7.75. The van der Waals surface area contributed by atoms with Crippen LogP contribution in [0.15, 0.2) is 4.79 Å². The number of carbonyl (C=O) groups excluding carboxylic acids is 1. The number of hydrogen-bond donors (Lipinski definition) is 2. The molecule has 13 heteroatoms. The van der Waals surface area contributed by atoms with Crippen molar-refractivity contribution in [1.29, 1.82) is 0 Å². The maximum absolute atomic E-state index is 13.9. The SMILES string of the molecule is COC1CCN(C2CCc3nc(C)n(CCOC4CCC(Cl)CC4C4CC(C)NC5C(C(=O)NC6CC(F)(F)C6)CSC45)c(=O)c3C2)CC1. The molecule has 1 aromatic heterocycles. The van der Waals surface area contributed by atoms with E-state index in [-0.39, 0.29) is 65.0 Å². The second-order valence-electron chi connectivity index (χ2n) is 15.8. The van der Waals surface area contributed by atoms with E-state index < -0.39 is 12.0 Å². The molecule has 0 aromatic carbocycles. The number of hydrogen-bond acceptors (Lipinski definition) is 8. The Morgan fingerprint density at radius 1 is 1.14 bits per heavy atom. The normalized spacial score (nSPS) is 36.9. The summed E-state index contributed by atoms with van der Waals surface area (Å²) in [6.45, 7) is 7.03. The average molecular weight is 726 g/mol. The Kier molecular flexibility index (Phi) is 11.0. The maximum atomic E-state index is 13.9. The topological polar surface area (TPSA) is 97.7 Å². The van der Waals surface area contributed by atoms with Crippen molar-refractivity contribution in [3.8, 4) is 0 Å². The number of alkyl halides is 3. The predicted octanol–water partition coefficient (Wildman–Crippen LogP) is 4.32. The van der Waals surface area contributed by atoms with Crippen LogP contribution in [0, 0.1) is 24.7 Å². The number of methoxy groups -OCH3 is 1. The van der Waals surface area contributed by atoms with E-state index in [9.17, 15) is 18.4 Å². The van der Waals surface area contributed by atoms with Crippen LogP contribution >= 0.6 is 23.4 Å². The number of rotatable bonds is 9. The zero-order chi connectivity index (χ0) is 34.4. The second-order valence-corrected chi connectivity index (χ2v) is 17.6. The van der Waals surface area contributed by atoms with E-state index in [1.807, 2.05) is 23.3 Å². The molecule has 0 bridgehead atoms. The van der Waals surface area contributed by atoms with Gasteiger partial charge in [-0.1, -0.05) is 0 Å². The molecule has 3 saturated heterocycles. The molecule has 3 aliphatic carbocycles. The summed E-state index contributed by atoms with van der Waals surface area (Å²) in [7, 11) is 1.79. The highest BCUT2D eigenvalue weighted by molar-refractivity contribution is 8.00. The maximum Gasteiger partial charge on any atom is 0.257 e. The number of ether oxygens (including phenoxy) is 2. The van der Waals surface area contributed by atoms with Crippen LogP contribution in [0.3, 0.4) is 0 Å². The van der Waals surface area contributed by atoms with Gasteiger partial charge in [0.15, 0.2) is 0 Å². The van der Waals surface area contributed by atoms with Gasteiger partial charge >= 0.3 is 0 Å². The first-order valence-corrected chi connectivity index (χ1v) is 20.2. The molecule has 49 heavy (non-hydrogen) atoms. The van der Waals surface area contributed by atoms with Crippen molar-refractivity contribution in [2.75, 3.05) is 32.6 Å². The molecule has 2 saturated carbocycles. The first-order valence-electron chi connectivity index (χ1n) is 18.7. The summed E-state index contributed by atoms with van der Waals surface area (Å²) in [5, 5.41) is 6.93. The lowest BCUT2D eigenvalue weighted by atomic mass is 9.69. The molecule has 0 spiro atoms. The van der Waals surface area contributed by atoms with Gasteiger partial charge in [0.1, 0.15) is 5.82 Å². The quantitative estimate of drug-likeness (QED) is 0.364. The van der Waals surface area contributed by atoms with Gasteiger partial charge in [0.25, 0.3) is 11.5 Å². The molecular formula is C36H54ClF2N5O4S. The van der Waals surface area contributed by atoms with Gasteiger partial charge in [0.2, 0.25) is 5.91 Å². The van der Waals surface area contributed by atoms with Crippen LogP contribution < -0.4 is 16.2 Å². The van der Waals surface area contributed by atoms with Crippen LogP contribution in [0.1, 0.15) is 81.8 Å². The lowest BCUT2D eigenvalue weighted by molar-refractivity contribution is -0.133. The molecule has 0 radical (unpaired) electrons. The lowest BCUT2D eigenvalue weighted by Gasteiger charge is -2.47. The highest BCUT2D eigenvalue weighted by atomic mass is 35.5. The number of amides is 1. The molecule has 9 atom stereocenters. The highest BCUT2D eigenvalue weighted by Crippen LogP contribution is 2.49. The monoisotopic (exact) mass is 725 g/mol. The van der Waals surface area contributed by atoms with Gasteiger partial charge in [0.05, 0.1) is 37.0 Å². The molecule has 9 nitrogen and oxygen atoms in total. The highest BCUT2D eigenvalue weighted by Gasteiger charge is 2.53. The van der Waals surface area contributed by atoms with Crippen LogP contribution in [-0.4, -0.2) is 106 Å². The van der Waals surface area contributed by atoms with Crippen molar-refractivity contribution in [3.05, 3.63) is 27.4 Å². The van der Waals surface area contributed by atoms with E-state index in [2.05, 4.69) is 22.5 Å². The third-order valence-electron chi connectivity index (χ3n) is 12.5. The van der Waals surface area contributed by atoms with Crippen LogP contribution in [0.5, 0.6) is 0 Å². The minimum atomic E-state index is -2.66. The Labute approximate surface area is 298 Å². The van der Waals surface area contributed by atoms with Crippen molar-refractivity contribution >= 4 is 29.3 Å². The minimum Gasteiger partial charge on any atom is -0.381 e. The summed E-state index contributed by atoms with van der Waals surface area (Å²) >= 11 is 8.65. The van der Waals surface area contributed by atoms with Gasteiger partial charge in [-0.2, -0.15) is 11.8 Å². The number of nitrogens with one attached hydrogen (secondary N) is 2. The Bertz CT molecular complexity index is 1400. The van der Waals surface area contributed by atoms with Crippen molar-refractivity contribution in [3.63, 3.8) is 0 Å². The number of piperidine rings is 2. The molecule has 1 amide bonds. The van der Waals surface area contributed by atoms with E-state index >= 15 is 0 Å². The lowest BCUT2D eigenvalue weighted by Crippen LogP contribution is -2.60. The van der Waals surface area contributed by atoms with E-state index in [4.69, 9.17) is 26.1 Å². The fourth-order valence-corrected chi connectivity index (χ4v) is 12.0. The molecular weight excluding hydrogens is 672 g/mol. The largest absolute Gasteiger partial charge is 0.381 e. The van der Waals surface area contributed by atoms with Crippen LogP contribution in [0.4, 0.5) is 8.78 Å². The number of fused-ring (bicyclic) bond motifs is 2. The van der Waals surface area contributed by atoms with E-state index in [1.54, 1.807) is 7.11 Å². The number of halogens is 3. The van der Waals surface area contributed by atoms with Crippen LogP contribution in [0.2, 0.25) is 0 Å². The summed E-state index contributed by atoms with van der Waals surface area (Å²) < 4.78 is 41.0. The Morgan fingerprint density at radius 3 is 2.65 bits per heavy atom. The number of thioether (sulfide) groups is 1. The van der Waals surface area contributed by atoms with E-state index in [1.165, 1.54) is 0 Å². The summed E-state index contributed by atoms with van der Waals surface area (Å²) in [5.74, 6) is -1.00. The van der Waals surface area contributed by atoms with Crippen molar-refractivity contribution in [2.24, 2.45) is 17.8 Å². The van der Waals surface area contributed by atoms with Crippen molar-refractivity contribution < 1.29 is 23.0 Å². The summed E-state index contributed by atoms with van der Waals surface area (Å²) in [6.07, 6.45) is 8.15. The Hall–Kier alpha value is -1.31. The molecule has 3 aliphatic heterocycles. The molecule has 5 fully saturated rings.